The molecule has 1 atom stereocenters. The molecule has 8 heteroatoms. The second-order valence-electron chi connectivity index (χ2n) is 8.84. The van der Waals surface area contributed by atoms with Crippen molar-refractivity contribution in [1.29, 1.82) is 0 Å². The van der Waals surface area contributed by atoms with Gasteiger partial charge >= 0.3 is 18.2 Å². The summed E-state index contributed by atoms with van der Waals surface area (Å²) in [5, 5.41) is 9.66. The van der Waals surface area contributed by atoms with Crippen molar-refractivity contribution in [3.8, 4) is 0 Å². The summed E-state index contributed by atoms with van der Waals surface area (Å²) in [7, 11) is 0. The van der Waals surface area contributed by atoms with Crippen molar-refractivity contribution < 1.29 is 29.0 Å². The Labute approximate surface area is 170 Å². The molecule has 2 aliphatic heterocycles. The number of likely N-dealkylation sites (tertiary alicyclic amines) is 2. The number of carboxylic acid groups (broad SMARTS) is 1. The van der Waals surface area contributed by atoms with Gasteiger partial charge in [-0.05, 0) is 32.8 Å². The topological polar surface area (TPSA) is 96.4 Å². The van der Waals surface area contributed by atoms with Crippen molar-refractivity contribution in [3.05, 3.63) is 35.9 Å². The predicted octanol–water partition coefficient (Wildman–Crippen LogP) is 2.97. The molecule has 2 aliphatic rings. The Balaban J connectivity index is 1.62. The molecule has 1 aromatic rings. The maximum Gasteiger partial charge on any atom is 0.410 e. The Kier molecular flexibility index (Phi) is 5.73. The molecule has 0 saturated carbocycles. The molecule has 2 fully saturated rings. The number of nitrogens with zero attached hydrogens (tertiary/aromatic N) is 2. The third-order valence-electron chi connectivity index (χ3n) is 5.36. The van der Waals surface area contributed by atoms with Crippen LogP contribution >= 0.6 is 0 Å². The normalized spacial score (nSPS) is 20.7. The van der Waals surface area contributed by atoms with Crippen molar-refractivity contribution in [2.75, 3.05) is 26.2 Å². The van der Waals surface area contributed by atoms with Gasteiger partial charge in [0, 0.05) is 31.6 Å². The van der Waals surface area contributed by atoms with E-state index in [-0.39, 0.29) is 26.2 Å². The molecule has 0 aromatic heterocycles. The lowest BCUT2D eigenvalue weighted by Crippen LogP contribution is -2.69. The zero-order chi connectivity index (χ0) is 21.2. The summed E-state index contributed by atoms with van der Waals surface area (Å²) in [4.78, 5) is 39.6. The molecular weight excluding hydrogens is 376 g/mol. The lowest BCUT2D eigenvalue weighted by Gasteiger charge is -2.56. The predicted molar refractivity (Wildman–Crippen MR) is 104 cm³/mol. The van der Waals surface area contributed by atoms with Crippen LogP contribution in [-0.4, -0.2) is 64.8 Å². The lowest BCUT2D eigenvalue weighted by molar-refractivity contribution is -0.160. The number of piperidine rings is 1. The SMILES string of the molecule is CC(C)(C)OC(=O)N1CC2(CN(C(=O)OCc3ccccc3)CCC2C(=O)O)C1. The summed E-state index contributed by atoms with van der Waals surface area (Å²) < 4.78 is 10.8. The van der Waals surface area contributed by atoms with Crippen LogP contribution in [0.3, 0.4) is 0 Å². The van der Waals surface area contributed by atoms with E-state index in [1.54, 1.807) is 25.7 Å². The zero-order valence-corrected chi connectivity index (χ0v) is 17.1. The fourth-order valence-corrected chi connectivity index (χ4v) is 4.00. The molecule has 3 rings (SSSR count). The number of carbonyl (C=O) groups is 3. The fourth-order valence-electron chi connectivity index (χ4n) is 4.00. The van der Waals surface area contributed by atoms with Crippen LogP contribution in [0.2, 0.25) is 0 Å². The maximum atomic E-state index is 12.5. The van der Waals surface area contributed by atoms with Crippen LogP contribution in [0.5, 0.6) is 0 Å². The van der Waals surface area contributed by atoms with Gasteiger partial charge in [-0.15, -0.1) is 0 Å². The molecule has 0 radical (unpaired) electrons. The average molecular weight is 404 g/mol. The minimum atomic E-state index is -0.897. The Bertz CT molecular complexity index is 767. The van der Waals surface area contributed by atoms with Gasteiger partial charge in [-0.1, -0.05) is 30.3 Å². The number of benzene rings is 1. The highest BCUT2D eigenvalue weighted by atomic mass is 16.6. The van der Waals surface area contributed by atoms with E-state index in [1.165, 1.54) is 4.90 Å². The summed E-state index contributed by atoms with van der Waals surface area (Å²) in [6.45, 7) is 6.58. The molecule has 1 aromatic carbocycles. The van der Waals surface area contributed by atoms with Crippen LogP contribution < -0.4 is 0 Å². The summed E-state index contributed by atoms with van der Waals surface area (Å²) in [5.41, 5.74) is -0.408. The number of aliphatic carboxylic acids is 1. The van der Waals surface area contributed by atoms with Crippen LogP contribution in [0.1, 0.15) is 32.8 Å². The average Bonchev–Trinajstić information content (AvgIpc) is 2.62. The van der Waals surface area contributed by atoms with E-state index in [9.17, 15) is 19.5 Å². The Morgan fingerprint density at radius 1 is 1.07 bits per heavy atom. The molecule has 1 N–H and O–H groups in total. The van der Waals surface area contributed by atoms with Crippen LogP contribution in [0.25, 0.3) is 0 Å². The van der Waals surface area contributed by atoms with Gasteiger partial charge in [-0.25, -0.2) is 9.59 Å². The van der Waals surface area contributed by atoms with E-state index in [0.29, 0.717) is 13.0 Å². The summed E-state index contributed by atoms with van der Waals surface area (Å²) in [6, 6.07) is 9.37. The molecule has 1 unspecified atom stereocenters. The van der Waals surface area contributed by atoms with E-state index in [0.717, 1.165) is 5.56 Å². The molecule has 29 heavy (non-hydrogen) atoms. The quantitative estimate of drug-likeness (QED) is 0.832. The van der Waals surface area contributed by atoms with E-state index in [2.05, 4.69) is 0 Å². The molecule has 2 heterocycles. The first-order valence-electron chi connectivity index (χ1n) is 9.76. The highest BCUT2D eigenvalue weighted by Gasteiger charge is 2.57. The smallest absolute Gasteiger partial charge is 0.410 e. The minimum Gasteiger partial charge on any atom is -0.481 e. The van der Waals surface area contributed by atoms with Gasteiger partial charge in [-0.3, -0.25) is 4.79 Å². The Hall–Kier alpha value is -2.77. The second-order valence-corrected chi connectivity index (χ2v) is 8.84. The molecular formula is C21H28N2O6. The number of carbonyl (C=O) groups excluding carboxylic acids is 2. The number of amides is 2. The number of hydrogen-bond acceptors (Lipinski definition) is 5. The van der Waals surface area contributed by atoms with Crippen LogP contribution in [0.15, 0.2) is 30.3 Å². The number of rotatable bonds is 3. The number of hydrogen-bond donors (Lipinski definition) is 1. The van der Waals surface area contributed by atoms with Gasteiger partial charge < -0.3 is 24.4 Å². The van der Waals surface area contributed by atoms with Crippen molar-refractivity contribution in [2.45, 2.75) is 39.4 Å². The third kappa shape index (κ3) is 4.81. The van der Waals surface area contributed by atoms with E-state index in [4.69, 9.17) is 9.47 Å². The number of ether oxygens (including phenoxy) is 2. The molecule has 0 aliphatic carbocycles. The maximum absolute atomic E-state index is 12.5. The monoisotopic (exact) mass is 404 g/mol. The van der Waals surface area contributed by atoms with Crippen LogP contribution in [0, 0.1) is 11.3 Å². The Morgan fingerprint density at radius 2 is 1.69 bits per heavy atom. The summed E-state index contributed by atoms with van der Waals surface area (Å²) in [5.74, 6) is -1.51. The second kappa shape index (κ2) is 7.93. The molecule has 1 spiro atoms. The standard InChI is InChI=1S/C21H28N2O6/c1-20(2,3)29-19(27)23-13-21(14-23)12-22(10-9-16(21)17(24)25)18(26)28-11-15-7-5-4-6-8-15/h4-8,16H,9-14H2,1-3H3,(H,24,25). The van der Waals surface area contributed by atoms with Crippen molar-refractivity contribution >= 4 is 18.2 Å². The summed E-state index contributed by atoms with van der Waals surface area (Å²) >= 11 is 0. The summed E-state index contributed by atoms with van der Waals surface area (Å²) in [6.07, 6.45) is -0.596. The van der Waals surface area contributed by atoms with Crippen LogP contribution in [0.4, 0.5) is 9.59 Å². The Morgan fingerprint density at radius 3 is 2.28 bits per heavy atom. The van der Waals surface area contributed by atoms with E-state index < -0.39 is 35.1 Å². The molecule has 0 bridgehead atoms. The molecule has 8 nitrogen and oxygen atoms in total. The minimum absolute atomic E-state index is 0.162. The van der Waals surface area contributed by atoms with Crippen molar-refractivity contribution in [2.24, 2.45) is 11.3 Å². The zero-order valence-electron chi connectivity index (χ0n) is 17.1. The van der Waals surface area contributed by atoms with Gasteiger partial charge in [0.25, 0.3) is 0 Å². The first-order chi connectivity index (χ1) is 13.6. The number of carboxylic acids is 1. The van der Waals surface area contributed by atoms with Crippen molar-refractivity contribution in [3.63, 3.8) is 0 Å². The molecule has 2 saturated heterocycles. The van der Waals surface area contributed by atoms with Gasteiger partial charge in [0.15, 0.2) is 0 Å². The van der Waals surface area contributed by atoms with Gasteiger partial charge in [0.05, 0.1) is 5.92 Å². The molecule has 2 amide bonds. The highest BCUT2D eigenvalue weighted by molar-refractivity contribution is 5.75. The largest absolute Gasteiger partial charge is 0.481 e. The van der Waals surface area contributed by atoms with E-state index >= 15 is 0 Å². The lowest BCUT2D eigenvalue weighted by atomic mass is 9.65. The van der Waals surface area contributed by atoms with Crippen molar-refractivity contribution in [1.82, 2.24) is 9.80 Å². The van der Waals surface area contributed by atoms with Gasteiger partial charge in [-0.2, -0.15) is 0 Å². The molecule has 158 valence electrons. The van der Waals surface area contributed by atoms with Gasteiger partial charge in [0.2, 0.25) is 0 Å². The highest BCUT2D eigenvalue weighted by Crippen LogP contribution is 2.44. The van der Waals surface area contributed by atoms with Gasteiger partial charge in [0.1, 0.15) is 12.2 Å². The first kappa shape index (κ1) is 21.0. The third-order valence-corrected chi connectivity index (χ3v) is 5.36. The first-order valence-corrected chi connectivity index (χ1v) is 9.76. The van der Waals surface area contributed by atoms with E-state index in [1.807, 2.05) is 30.3 Å². The van der Waals surface area contributed by atoms with Crippen LogP contribution in [-0.2, 0) is 20.9 Å². The fraction of sp³-hybridized carbons (Fsp3) is 0.571.